The Bertz CT molecular complexity index is 639. The van der Waals surface area contributed by atoms with Crippen LogP contribution in [0, 0.1) is 16.0 Å². The summed E-state index contributed by atoms with van der Waals surface area (Å²) >= 11 is 0. The van der Waals surface area contributed by atoms with Gasteiger partial charge in [-0.2, -0.15) is 5.10 Å². The van der Waals surface area contributed by atoms with Crippen LogP contribution < -0.4 is 10.7 Å². The largest absolute Gasteiger partial charge is 0.347 e. The minimum Gasteiger partial charge on any atom is -0.347 e. The standard InChI is InChI=1S/C16H20N4O4/c21-15(11-17-16(22)12-6-2-1-3-7-12)19-18-10-13-8-4-5-9-14(13)20(23)24/h4-5,8-10,12H,1-3,6-7,11H2,(H,17,22)(H,19,21)/b18-10+. The molecule has 0 radical (unpaired) electrons. The maximum Gasteiger partial charge on any atom is 0.278 e. The van der Waals surface area contributed by atoms with E-state index in [4.69, 9.17) is 0 Å². The van der Waals surface area contributed by atoms with Crippen LogP contribution in [0.25, 0.3) is 0 Å². The molecule has 0 atom stereocenters. The first-order valence-corrected chi connectivity index (χ1v) is 7.91. The topological polar surface area (TPSA) is 114 Å². The summed E-state index contributed by atoms with van der Waals surface area (Å²) in [6, 6.07) is 6.07. The maximum atomic E-state index is 11.9. The Kier molecular flexibility index (Phi) is 6.41. The molecule has 0 heterocycles. The van der Waals surface area contributed by atoms with Crippen molar-refractivity contribution >= 4 is 23.7 Å². The fraction of sp³-hybridized carbons (Fsp3) is 0.438. The molecule has 1 aliphatic rings. The van der Waals surface area contributed by atoms with Crippen molar-refractivity contribution in [3.8, 4) is 0 Å². The van der Waals surface area contributed by atoms with Crippen LogP contribution in [-0.4, -0.2) is 29.5 Å². The van der Waals surface area contributed by atoms with Crippen LogP contribution in [0.3, 0.4) is 0 Å². The molecule has 8 nitrogen and oxygen atoms in total. The molecule has 0 aliphatic heterocycles. The van der Waals surface area contributed by atoms with Gasteiger partial charge in [0.25, 0.3) is 11.6 Å². The van der Waals surface area contributed by atoms with E-state index in [1.54, 1.807) is 12.1 Å². The van der Waals surface area contributed by atoms with E-state index >= 15 is 0 Å². The number of nitro benzene ring substituents is 1. The van der Waals surface area contributed by atoms with E-state index in [2.05, 4.69) is 15.8 Å². The van der Waals surface area contributed by atoms with Gasteiger partial charge in [0.2, 0.25) is 5.91 Å². The minimum atomic E-state index is -0.520. The molecule has 1 saturated carbocycles. The van der Waals surface area contributed by atoms with Crippen molar-refractivity contribution in [3.63, 3.8) is 0 Å². The Morgan fingerprint density at radius 3 is 2.67 bits per heavy atom. The number of para-hydroxylation sites is 1. The number of benzene rings is 1. The highest BCUT2D eigenvalue weighted by molar-refractivity contribution is 5.88. The zero-order valence-electron chi connectivity index (χ0n) is 13.2. The first-order chi connectivity index (χ1) is 11.6. The molecule has 1 aromatic carbocycles. The number of nitro groups is 1. The smallest absolute Gasteiger partial charge is 0.278 e. The van der Waals surface area contributed by atoms with Crippen molar-refractivity contribution in [2.75, 3.05) is 6.54 Å². The molecule has 2 N–H and O–H groups in total. The highest BCUT2D eigenvalue weighted by Crippen LogP contribution is 2.23. The van der Waals surface area contributed by atoms with E-state index in [9.17, 15) is 19.7 Å². The lowest BCUT2D eigenvalue weighted by Gasteiger charge is -2.20. The van der Waals surface area contributed by atoms with E-state index < -0.39 is 10.8 Å². The number of carbonyl (C=O) groups is 2. The van der Waals surface area contributed by atoms with Crippen LogP contribution in [0.4, 0.5) is 5.69 Å². The number of hydrazone groups is 1. The lowest BCUT2D eigenvalue weighted by molar-refractivity contribution is -0.385. The number of nitrogens with one attached hydrogen (secondary N) is 2. The molecular weight excluding hydrogens is 312 g/mol. The van der Waals surface area contributed by atoms with Crippen molar-refractivity contribution in [2.24, 2.45) is 11.0 Å². The molecule has 2 amide bonds. The molecular formula is C16H20N4O4. The van der Waals surface area contributed by atoms with Gasteiger partial charge in [0, 0.05) is 12.0 Å². The first-order valence-electron chi connectivity index (χ1n) is 7.91. The van der Waals surface area contributed by atoms with Crippen molar-refractivity contribution in [3.05, 3.63) is 39.9 Å². The van der Waals surface area contributed by atoms with Gasteiger partial charge in [0.15, 0.2) is 0 Å². The summed E-state index contributed by atoms with van der Waals surface area (Å²) in [5, 5.41) is 17.1. The average Bonchev–Trinajstić information content (AvgIpc) is 2.60. The number of rotatable bonds is 6. The number of hydrogen-bond acceptors (Lipinski definition) is 5. The molecule has 0 bridgehead atoms. The second kappa shape index (κ2) is 8.76. The van der Waals surface area contributed by atoms with E-state index in [1.807, 2.05) is 0 Å². The normalized spacial score (nSPS) is 15.2. The summed E-state index contributed by atoms with van der Waals surface area (Å²) in [4.78, 5) is 33.9. The predicted octanol–water partition coefficient (Wildman–Crippen LogP) is 1.74. The van der Waals surface area contributed by atoms with Crippen LogP contribution in [0.5, 0.6) is 0 Å². The molecule has 1 aliphatic carbocycles. The summed E-state index contributed by atoms with van der Waals surface area (Å²) < 4.78 is 0. The Balaban J connectivity index is 1.78. The fourth-order valence-electron chi connectivity index (χ4n) is 2.65. The Labute approximate surface area is 139 Å². The van der Waals surface area contributed by atoms with Gasteiger partial charge >= 0.3 is 0 Å². The van der Waals surface area contributed by atoms with Crippen LogP contribution in [0.15, 0.2) is 29.4 Å². The van der Waals surface area contributed by atoms with Gasteiger partial charge in [-0.05, 0) is 18.9 Å². The monoisotopic (exact) mass is 332 g/mol. The molecule has 8 heteroatoms. The van der Waals surface area contributed by atoms with Crippen LogP contribution in [-0.2, 0) is 9.59 Å². The lowest BCUT2D eigenvalue weighted by Crippen LogP contribution is -2.38. The third-order valence-corrected chi connectivity index (χ3v) is 3.93. The SMILES string of the molecule is O=C(CNC(=O)C1CCCCC1)N/N=C/c1ccccc1[N+](=O)[O-]. The molecule has 24 heavy (non-hydrogen) atoms. The molecule has 1 fully saturated rings. The first kappa shape index (κ1) is 17.6. The molecule has 0 aromatic heterocycles. The van der Waals surface area contributed by atoms with E-state index in [0.717, 1.165) is 32.1 Å². The Morgan fingerprint density at radius 2 is 1.96 bits per heavy atom. The number of carbonyl (C=O) groups excluding carboxylic acids is 2. The third kappa shape index (κ3) is 5.15. The van der Waals surface area contributed by atoms with Gasteiger partial charge in [0.1, 0.15) is 0 Å². The highest BCUT2D eigenvalue weighted by atomic mass is 16.6. The quantitative estimate of drug-likeness (QED) is 0.469. The summed E-state index contributed by atoms with van der Waals surface area (Å²) in [6.07, 6.45) is 6.19. The van der Waals surface area contributed by atoms with Gasteiger partial charge in [0.05, 0.1) is 23.2 Å². The maximum absolute atomic E-state index is 11.9. The number of nitrogens with zero attached hydrogens (tertiary/aromatic N) is 2. The van der Waals surface area contributed by atoms with Crippen molar-refractivity contribution in [2.45, 2.75) is 32.1 Å². The fourth-order valence-corrected chi connectivity index (χ4v) is 2.65. The molecule has 128 valence electrons. The zero-order valence-corrected chi connectivity index (χ0v) is 13.2. The van der Waals surface area contributed by atoms with Crippen molar-refractivity contribution in [1.82, 2.24) is 10.7 Å². The zero-order chi connectivity index (χ0) is 17.4. The number of amides is 2. The van der Waals surface area contributed by atoms with Crippen LogP contribution >= 0.6 is 0 Å². The van der Waals surface area contributed by atoms with Crippen LogP contribution in [0.1, 0.15) is 37.7 Å². The minimum absolute atomic E-state index is 0.0120. The van der Waals surface area contributed by atoms with Gasteiger partial charge in [-0.1, -0.05) is 31.4 Å². The van der Waals surface area contributed by atoms with Gasteiger partial charge in [-0.25, -0.2) is 5.43 Å². The predicted molar refractivity (Wildman–Crippen MR) is 88.4 cm³/mol. The summed E-state index contributed by atoms with van der Waals surface area (Å²) in [7, 11) is 0. The van der Waals surface area contributed by atoms with E-state index in [0.29, 0.717) is 0 Å². The van der Waals surface area contributed by atoms with E-state index in [-0.39, 0.29) is 29.6 Å². The lowest BCUT2D eigenvalue weighted by atomic mass is 9.89. The molecule has 1 aromatic rings. The second-order valence-electron chi connectivity index (χ2n) is 5.66. The molecule has 0 unspecified atom stereocenters. The number of hydrogen-bond donors (Lipinski definition) is 2. The summed E-state index contributed by atoms with van der Waals surface area (Å²) in [5.74, 6) is -0.594. The van der Waals surface area contributed by atoms with Crippen molar-refractivity contribution in [1.29, 1.82) is 0 Å². The van der Waals surface area contributed by atoms with Crippen molar-refractivity contribution < 1.29 is 14.5 Å². The van der Waals surface area contributed by atoms with Crippen LogP contribution in [0.2, 0.25) is 0 Å². The van der Waals surface area contributed by atoms with Gasteiger partial charge in [-0.15, -0.1) is 0 Å². The van der Waals surface area contributed by atoms with E-state index in [1.165, 1.54) is 18.3 Å². The second-order valence-corrected chi connectivity index (χ2v) is 5.66. The average molecular weight is 332 g/mol. The third-order valence-electron chi connectivity index (χ3n) is 3.93. The summed E-state index contributed by atoms with van der Waals surface area (Å²) in [6.45, 7) is -0.163. The highest BCUT2D eigenvalue weighted by Gasteiger charge is 2.21. The molecule has 0 saturated heterocycles. The Hall–Kier alpha value is -2.77. The van der Waals surface area contributed by atoms with Gasteiger partial charge in [-0.3, -0.25) is 19.7 Å². The van der Waals surface area contributed by atoms with Gasteiger partial charge < -0.3 is 5.32 Å². The molecule has 2 rings (SSSR count). The molecule has 0 spiro atoms. The Morgan fingerprint density at radius 1 is 1.25 bits per heavy atom. The summed E-state index contributed by atoms with van der Waals surface area (Å²) in [5.41, 5.74) is 2.44.